The predicted octanol–water partition coefficient (Wildman–Crippen LogP) is 1.55. The van der Waals surface area contributed by atoms with Crippen LogP contribution in [0.2, 0.25) is 0 Å². The van der Waals surface area contributed by atoms with Crippen molar-refractivity contribution >= 4 is 38.7 Å². The van der Waals surface area contributed by atoms with Gasteiger partial charge in [-0.05, 0) is 18.2 Å². The van der Waals surface area contributed by atoms with Crippen LogP contribution in [0.4, 0.5) is 0 Å². The van der Waals surface area contributed by atoms with Crippen molar-refractivity contribution in [2.75, 3.05) is 12.0 Å². The summed E-state index contributed by atoms with van der Waals surface area (Å²) in [6, 6.07) is 4.45. The Balaban J connectivity index is 2.23. The van der Waals surface area contributed by atoms with Crippen molar-refractivity contribution in [1.29, 1.82) is 0 Å². The quantitative estimate of drug-likeness (QED) is 0.894. The second kappa shape index (κ2) is 5.22. The average molecular weight is 301 g/mol. The molecule has 19 heavy (non-hydrogen) atoms. The lowest BCUT2D eigenvalue weighted by Gasteiger charge is -1.95. The molecule has 0 bridgehead atoms. The Hall–Kier alpha value is -1.54. The van der Waals surface area contributed by atoms with Crippen molar-refractivity contribution in [3.8, 4) is 0 Å². The van der Waals surface area contributed by atoms with Crippen LogP contribution < -0.4 is 0 Å². The number of rotatable bonds is 5. The average Bonchev–Trinajstić information content (AvgIpc) is 2.68. The number of benzene rings is 1. The highest BCUT2D eigenvalue weighted by Crippen LogP contribution is 2.22. The molecule has 1 heterocycles. The van der Waals surface area contributed by atoms with Crippen molar-refractivity contribution in [2.45, 2.75) is 10.6 Å². The Bertz CT molecular complexity index is 720. The molecule has 0 fully saturated rings. The summed E-state index contributed by atoms with van der Waals surface area (Å²) in [5, 5.41) is 8.52. The number of carboxylic acids is 1. The number of carboxylic acid groups (broad SMARTS) is 1. The summed E-state index contributed by atoms with van der Waals surface area (Å²) in [6.45, 7) is 0. The normalized spacial score (nSPS) is 11.8. The summed E-state index contributed by atoms with van der Waals surface area (Å²) >= 11 is 1.17. The van der Waals surface area contributed by atoms with E-state index in [9.17, 15) is 13.2 Å². The first-order valence-corrected chi connectivity index (χ1v) is 8.30. The van der Waals surface area contributed by atoms with Gasteiger partial charge in [0.25, 0.3) is 0 Å². The molecule has 0 atom stereocenters. The molecule has 0 amide bonds. The molecule has 0 unspecified atom stereocenters. The van der Waals surface area contributed by atoms with E-state index in [-0.39, 0.29) is 10.6 Å². The summed E-state index contributed by atoms with van der Waals surface area (Å²) in [7, 11) is -3.28. The Labute approximate surface area is 113 Å². The third-order valence-corrected chi connectivity index (χ3v) is 4.29. The Kier molecular flexibility index (Phi) is 3.81. The number of sulfone groups is 1. The van der Waals surface area contributed by atoms with Crippen LogP contribution in [-0.2, 0) is 20.4 Å². The van der Waals surface area contributed by atoms with Gasteiger partial charge < -0.3 is 9.52 Å². The lowest BCUT2D eigenvalue weighted by molar-refractivity contribution is -0.133. The summed E-state index contributed by atoms with van der Waals surface area (Å²) < 4.78 is 28.2. The first-order valence-electron chi connectivity index (χ1n) is 5.25. The molecule has 1 aromatic heterocycles. The van der Waals surface area contributed by atoms with Gasteiger partial charge in [0.2, 0.25) is 5.89 Å². The number of hydrogen-bond acceptors (Lipinski definition) is 6. The van der Waals surface area contributed by atoms with Crippen LogP contribution in [-0.4, -0.2) is 36.5 Å². The highest BCUT2D eigenvalue weighted by molar-refractivity contribution is 7.99. The van der Waals surface area contributed by atoms with E-state index in [0.717, 1.165) is 6.26 Å². The van der Waals surface area contributed by atoms with Gasteiger partial charge in [-0.3, -0.25) is 4.79 Å². The Morgan fingerprint density at radius 1 is 1.47 bits per heavy atom. The molecule has 1 N–H and O–H groups in total. The zero-order valence-electron chi connectivity index (χ0n) is 9.99. The molecule has 2 rings (SSSR count). The maximum atomic E-state index is 11.4. The van der Waals surface area contributed by atoms with E-state index in [1.54, 1.807) is 6.07 Å². The molecule has 2 aromatic rings. The first kappa shape index (κ1) is 13.9. The lowest BCUT2D eigenvalue weighted by Crippen LogP contribution is -1.98. The van der Waals surface area contributed by atoms with Gasteiger partial charge in [0.1, 0.15) is 5.52 Å². The minimum atomic E-state index is -3.28. The molecule has 0 radical (unpaired) electrons. The number of nitrogens with zero attached hydrogens (tertiary/aromatic N) is 1. The van der Waals surface area contributed by atoms with E-state index in [4.69, 9.17) is 9.52 Å². The Morgan fingerprint density at radius 3 is 2.84 bits per heavy atom. The fourth-order valence-corrected chi connectivity index (χ4v) is 2.69. The van der Waals surface area contributed by atoms with E-state index in [1.165, 1.54) is 23.9 Å². The second-order valence-electron chi connectivity index (χ2n) is 3.90. The van der Waals surface area contributed by atoms with Crippen LogP contribution in [0.15, 0.2) is 27.5 Å². The van der Waals surface area contributed by atoms with Gasteiger partial charge >= 0.3 is 5.97 Å². The molecule has 0 aliphatic rings. The van der Waals surface area contributed by atoms with Gasteiger partial charge in [-0.25, -0.2) is 13.4 Å². The maximum Gasteiger partial charge on any atom is 0.313 e. The number of carbonyl (C=O) groups is 1. The number of aromatic nitrogens is 1. The summed E-state index contributed by atoms with van der Waals surface area (Å²) in [5.74, 6) is -0.227. The number of oxazole rings is 1. The molecule has 102 valence electrons. The molecule has 0 aliphatic heterocycles. The van der Waals surface area contributed by atoms with Gasteiger partial charge in [-0.1, -0.05) is 0 Å². The minimum absolute atomic E-state index is 0.0344. The smallest absolute Gasteiger partial charge is 0.313 e. The minimum Gasteiger partial charge on any atom is -0.481 e. The monoisotopic (exact) mass is 301 g/mol. The van der Waals surface area contributed by atoms with Gasteiger partial charge in [0.15, 0.2) is 15.4 Å². The first-order chi connectivity index (χ1) is 8.86. The van der Waals surface area contributed by atoms with Crippen molar-refractivity contribution in [1.82, 2.24) is 4.98 Å². The Morgan fingerprint density at radius 2 is 2.21 bits per heavy atom. The molecular formula is C11H11NO5S2. The van der Waals surface area contributed by atoms with Crippen LogP contribution >= 0.6 is 11.8 Å². The van der Waals surface area contributed by atoms with Crippen molar-refractivity contribution in [3.63, 3.8) is 0 Å². The molecule has 0 spiro atoms. The molecular weight excluding hydrogens is 290 g/mol. The van der Waals surface area contributed by atoms with Crippen molar-refractivity contribution in [3.05, 3.63) is 24.1 Å². The van der Waals surface area contributed by atoms with E-state index in [1.807, 2.05) is 0 Å². The lowest BCUT2D eigenvalue weighted by atomic mass is 10.3. The molecule has 8 heteroatoms. The molecule has 1 aromatic carbocycles. The fourth-order valence-electron chi connectivity index (χ4n) is 1.47. The topological polar surface area (TPSA) is 97.5 Å². The van der Waals surface area contributed by atoms with Gasteiger partial charge in [0, 0.05) is 6.26 Å². The van der Waals surface area contributed by atoms with Crippen LogP contribution in [0.3, 0.4) is 0 Å². The highest BCUT2D eigenvalue weighted by atomic mass is 32.2. The highest BCUT2D eigenvalue weighted by Gasteiger charge is 2.12. The van der Waals surface area contributed by atoms with Crippen molar-refractivity contribution < 1.29 is 22.7 Å². The van der Waals surface area contributed by atoms with E-state index < -0.39 is 15.8 Å². The third kappa shape index (κ3) is 3.48. The molecule has 0 aliphatic carbocycles. The number of fused-ring (bicyclic) bond motifs is 1. The largest absolute Gasteiger partial charge is 0.481 e. The van der Waals surface area contributed by atoms with Gasteiger partial charge in [-0.15, -0.1) is 11.8 Å². The van der Waals surface area contributed by atoms with E-state index >= 15 is 0 Å². The van der Waals surface area contributed by atoms with E-state index in [0.29, 0.717) is 22.7 Å². The van der Waals surface area contributed by atoms with Crippen LogP contribution in [0.1, 0.15) is 5.89 Å². The second-order valence-corrected chi connectivity index (χ2v) is 6.90. The zero-order chi connectivity index (χ0) is 14.0. The number of thioether (sulfide) groups is 1. The van der Waals surface area contributed by atoms with E-state index in [2.05, 4.69) is 4.98 Å². The molecule has 0 saturated heterocycles. The van der Waals surface area contributed by atoms with Crippen molar-refractivity contribution in [2.24, 2.45) is 0 Å². The summed E-state index contributed by atoms with van der Waals surface area (Å²) in [6.07, 6.45) is 1.12. The van der Waals surface area contributed by atoms with Crippen LogP contribution in [0, 0.1) is 0 Å². The number of hydrogen-bond donors (Lipinski definition) is 1. The zero-order valence-corrected chi connectivity index (χ0v) is 11.6. The standard InChI is InChI=1S/C11H11NO5S2/c1-19(15,16)7-2-3-9-8(4-7)12-10(17-9)5-18-6-11(13)14/h2-4H,5-6H2,1H3,(H,13,14). The summed E-state index contributed by atoms with van der Waals surface area (Å²) in [4.78, 5) is 14.7. The van der Waals surface area contributed by atoms with Crippen LogP contribution in [0.25, 0.3) is 11.1 Å². The number of aliphatic carboxylic acids is 1. The summed E-state index contributed by atoms with van der Waals surface area (Å²) in [5.41, 5.74) is 0.937. The van der Waals surface area contributed by atoms with Gasteiger partial charge in [-0.2, -0.15) is 0 Å². The van der Waals surface area contributed by atoms with Crippen LogP contribution in [0.5, 0.6) is 0 Å². The molecule has 0 saturated carbocycles. The third-order valence-electron chi connectivity index (χ3n) is 2.28. The maximum absolute atomic E-state index is 11.4. The predicted molar refractivity (Wildman–Crippen MR) is 70.9 cm³/mol. The fraction of sp³-hybridized carbons (Fsp3) is 0.273. The SMILES string of the molecule is CS(=O)(=O)c1ccc2oc(CSCC(=O)O)nc2c1. The van der Waals surface area contributed by atoms with Gasteiger partial charge in [0.05, 0.1) is 16.4 Å². The molecule has 6 nitrogen and oxygen atoms in total.